The maximum Gasteiger partial charge on any atom is 0.311 e. The van der Waals surface area contributed by atoms with Crippen molar-refractivity contribution in [1.29, 1.82) is 0 Å². The Morgan fingerprint density at radius 1 is 1.11 bits per heavy atom. The summed E-state index contributed by atoms with van der Waals surface area (Å²) in [7, 11) is 0. The van der Waals surface area contributed by atoms with Crippen LogP contribution in [0.3, 0.4) is 0 Å². The van der Waals surface area contributed by atoms with Crippen LogP contribution < -0.4 is 0 Å². The molecule has 0 unspecified atom stereocenters. The maximum absolute atomic E-state index is 11.7. The molecule has 0 aliphatic heterocycles. The third-order valence-electron chi connectivity index (χ3n) is 2.99. The lowest BCUT2D eigenvalue weighted by atomic mass is 9.91. The summed E-state index contributed by atoms with van der Waals surface area (Å²) in [5.74, 6) is 0.457. The molecule has 0 amide bonds. The molecular formula is C15H28O4. The zero-order chi connectivity index (χ0) is 14.7. The van der Waals surface area contributed by atoms with Gasteiger partial charge in [0.1, 0.15) is 5.76 Å². The van der Waals surface area contributed by atoms with Crippen molar-refractivity contribution in [2.45, 2.75) is 59.8 Å². The Morgan fingerprint density at radius 2 is 1.68 bits per heavy atom. The molecule has 0 radical (unpaired) electrons. The van der Waals surface area contributed by atoms with Crippen molar-refractivity contribution in [3.05, 3.63) is 12.3 Å². The van der Waals surface area contributed by atoms with Gasteiger partial charge in [0.15, 0.2) is 0 Å². The number of hydrogen-bond acceptors (Lipinski definition) is 4. The van der Waals surface area contributed by atoms with Crippen LogP contribution in [0.1, 0.15) is 59.8 Å². The third-order valence-corrected chi connectivity index (χ3v) is 2.99. The van der Waals surface area contributed by atoms with Crippen LogP contribution in [0.4, 0.5) is 0 Å². The quantitative estimate of drug-likeness (QED) is 0.187. The van der Waals surface area contributed by atoms with Crippen LogP contribution in [0.2, 0.25) is 0 Å². The molecule has 0 rings (SSSR count). The molecule has 0 saturated carbocycles. The van der Waals surface area contributed by atoms with Crippen LogP contribution in [0.25, 0.3) is 0 Å². The smallest absolute Gasteiger partial charge is 0.311 e. The van der Waals surface area contributed by atoms with E-state index in [0.29, 0.717) is 19.0 Å². The topological polar surface area (TPSA) is 44.8 Å². The van der Waals surface area contributed by atoms with Gasteiger partial charge in [0.25, 0.3) is 0 Å². The summed E-state index contributed by atoms with van der Waals surface area (Å²) in [4.78, 5) is 21.4. The molecule has 0 bridgehead atoms. The second kappa shape index (κ2) is 9.84. The monoisotopic (exact) mass is 272 g/mol. The van der Waals surface area contributed by atoms with E-state index in [1.54, 1.807) is 6.92 Å². The van der Waals surface area contributed by atoms with E-state index in [2.05, 4.69) is 6.58 Å². The van der Waals surface area contributed by atoms with Gasteiger partial charge in [-0.25, -0.2) is 0 Å². The second-order valence-electron chi connectivity index (χ2n) is 5.39. The van der Waals surface area contributed by atoms with Gasteiger partial charge in [0.2, 0.25) is 0 Å². The zero-order valence-electron chi connectivity index (χ0n) is 12.8. The van der Waals surface area contributed by atoms with Crippen molar-refractivity contribution in [1.82, 2.24) is 0 Å². The largest absolute Gasteiger partial charge is 0.465 e. The van der Waals surface area contributed by atoms with E-state index in [0.717, 1.165) is 32.1 Å². The molecule has 0 atom stereocenters. The number of rotatable bonds is 11. The summed E-state index contributed by atoms with van der Waals surface area (Å²) < 4.78 is 5.25. The van der Waals surface area contributed by atoms with Gasteiger partial charge in [0.05, 0.1) is 18.6 Å². The lowest BCUT2D eigenvalue weighted by Gasteiger charge is -2.20. The summed E-state index contributed by atoms with van der Waals surface area (Å²) >= 11 is 0. The maximum atomic E-state index is 11.7. The summed E-state index contributed by atoms with van der Waals surface area (Å²) in [6, 6.07) is 0. The number of ether oxygens (including phenoxy) is 1. The second-order valence-corrected chi connectivity index (χ2v) is 5.39. The zero-order valence-corrected chi connectivity index (χ0v) is 12.8. The van der Waals surface area contributed by atoms with Crippen molar-refractivity contribution in [3.63, 3.8) is 0 Å². The number of unbranched alkanes of at least 4 members (excludes halogenated alkanes) is 3. The number of allylic oxidation sites excluding steroid dienone is 1. The van der Waals surface area contributed by atoms with Crippen LogP contribution in [0, 0.1) is 5.41 Å². The van der Waals surface area contributed by atoms with Gasteiger partial charge in [-0.2, -0.15) is 4.89 Å². The number of carbonyl (C=O) groups is 1. The Hall–Kier alpha value is -1.03. The number of hydrogen-bond donors (Lipinski definition) is 0. The van der Waals surface area contributed by atoms with Gasteiger partial charge in [-0.1, -0.05) is 19.9 Å². The average molecular weight is 272 g/mol. The van der Waals surface area contributed by atoms with E-state index in [-0.39, 0.29) is 11.4 Å². The lowest BCUT2D eigenvalue weighted by molar-refractivity contribution is -0.261. The Balaban J connectivity index is 3.37. The summed E-state index contributed by atoms with van der Waals surface area (Å²) in [5.41, 5.74) is -0.367. The molecular weight excluding hydrogens is 244 g/mol. The molecule has 0 aromatic carbocycles. The highest BCUT2D eigenvalue weighted by atomic mass is 17.2. The first-order valence-electron chi connectivity index (χ1n) is 7.02. The normalized spacial score (nSPS) is 11.2. The molecule has 0 aliphatic carbocycles. The molecule has 0 saturated heterocycles. The highest BCUT2D eigenvalue weighted by molar-refractivity contribution is 5.75. The molecule has 0 aromatic heterocycles. The van der Waals surface area contributed by atoms with Crippen molar-refractivity contribution in [3.8, 4) is 0 Å². The van der Waals surface area contributed by atoms with Crippen molar-refractivity contribution in [2.75, 3.05) is 13.2 Å². The molecule has 19 heavy (non-hydrogen) atoms. The molecule has 112 valence electrons. The van der Waals surface area contributed by atoms with E-state index in [1.807, 2.05) is 20.8 Å². The van der Waals surface area contributed by atoms with Gasteiger partial charge in [-0.15, -0.1) is 0 Å². The van der Waals surface area contributed by atoms with Crippen LogP contribution in [0.5, 0.6) is 0 Å². The van der Waals surface area contributed by atoms with Crippen molar-refractivity contribution in [2.24, 2.45) is 5.41 Å². The van der Waals surface area contributed by atoms with E-state index < -0.39 is 0 Å². The van der Waals surface area contributed by atoms with Gasteiger partial charge >= 0.3 is 5.97 Å². The third kappa shape index (κ3) is 9.54. The molecule has 4 nitrogen and oxygen atoms in total. The predicted molar refractivity (Wildman–Crippen MR) is 75.4 cm³/mol. The van der Waals surface area contributed by atoms with E-state index in [4.69, 9.17) is 14.5 Å². The van der Waals surface area contributed by atoms with Gasteiger partial charge in [-0.3, -0.25) is 4.79 Å². The first-order valence-corrected chi connectivity index (χ1v) is 7.02. The predicted octanol–water partition coefficient (Wildman–Crippen LogP) is 4.01. The average Bonchev–Trinajstić information content (AvgIpc) is 2.36. The van der Waals surface area contributed by atoms with Crippen molar-refractivity contribution < 1.29 is 19.3 Å². The minimum Gasteiger partial charge on any atom is -0.465 e. The Kier molecular flexibility index (Phi) is 9.31. The van der Waals surface area contributed by atoms with Crippen LogP contribution in [-0.4, -0.2) is 19.2 Å². The van der Waals surface area contributed by atoms with E-state index in [9.17, 15) is 4.79 Å². The highest BCUT2D eigenvalue weighted by Gasteiger charge is 2.26. The fourth-order valence-corrected chi connectivity index (χ4v) is 1.26. The summed E-state index contributed by atoms with van der Waals surface area (Å²) in [5, 5.41) is 0. The molecule has 4 heteroatoms. The molecule has 0 fully saturated rings. The lowest BCUT2D eigenvalue weighted by Crippen LogP contribution is -2.26. The first kappa shape index (κ1) is 18.0. The minimum atomic E-state index is -0.367. The van der Waals surface area contributed by atoms with Gasteiger partial charge < -0.3 is 9.62 Å². The summed E-state index contributed by atoms with van der Waals surface area (Å²) in [6.07, 6.45) is 4.69. The molecule has 0 spiro atoms. The Morgan fingerprint density at radius 3 is 2.21 bits per heavy atom. The van der Waals surface area contributed by atoms with Crippen LogP contribution in [-0.2, 0) is 19.3 Å². The Labute approximate surface area is 117 Å². The number of carbonyl (C=O) groups excluding carboxylic acids is 1. The standard InChI is InChI=1S/C15H28O4/c1-6-15(4,5)14(16)17-11-9-7-8-10-12-18-19-13(2)3/h2,6-12H2,1,3-5H3. The van der Waals surface area contributed by atoms with E-state index in [1.165, 1.54) is 0 Å². The van der Waals surface area contributed by atoms with Crippen molar-refractivity contribution >= 4 is 5.97 Å². The van der Waals surface area contributed by atoms with Gasteiger partial charge in [-0.05, 0) is 46.5 Å². The molecule has 0 N–H and O–H groups in total. The van der Waals surface area contributed by atoms with Crippen LogP contribution >= 0.6 is 0 Å². The first-order chi connectivity index (χ1) is 8.90. The molecule has 0 aromatic rings. The Bertz CT molecular complexity index is 271. The summed E-state index contributed by atoms with van der Waals surface area (Å²) in [6.45, 7) is 12.2. The molecule has 0 aliphatic rings. The fourth-order valence-electron chi connectivity index (χ4n) is 1.26. The SMILES string of the molecule is C=C(C)OOCCCCCCOC(=O)C(C)(C)CC. The molecule has 0 heterocycles. The van der Waals surface area contributed by atoms with Gasteiger partial charge in [0, 0.05) is 0 Å². The minimum absolute atomic E-state index is 0.104. The highest BCUT2D eigenvalue weighted by Crippen LogP contribution is 2.21. The number of esters is 1. The fraction of sp³-hybridized carbons (Fsp3) is 0.800. The van der Waals surface area contributed by atoms with Crippen LogP contribution in [0.15, 0.2) is 12.3 Å². The van der Waals surface area contributed by atoms with E-state index >= 15 is 0 Å².